The van der Waals surface area contributed by atoms with Crippen molar-refractivity contribution in [1.29, 1.82) is 0 Å². The molecule has 76 valence electrons. The van der Waals surface area contributed by atoms with Crippen LogP contribution in [0.25, 0.3) is 0 Å². The molecule has 13 heavy (non-hydrogen) atoms. The van der Waals surface area contributed by atoms with Gasteiger partial charge in [-0.2, -0.15) is 0 Å². The molecule has 0 spiro atoms. The Hall–Kier alpha value is -0.210. The van der Waals surface area contributed by atoms with E-state index < -0.39 is 6.16 Å². The van der Waals surface area contributed by atoms with Gasteiger partial charge in [0.05, 0.1) is 18.6 Å². The Morgan fingerprint density at radius 1 is 1.62 bits per heavy atom. The molecule has 0 N–H and O–H groups in total. The van der Waals surface area contributed by atoms with Gasteiger partial charge in [0.25, 0.3) is 0 Å². The number of rotatable bonds is 5. The molecule has 0 aromatic heterocycles. The van der Waals surface area contributed by atoms with Crippen molar-refractivity contribution in [3.05, 3.63) is 11.2 Å². The number of carbonyl (C=O) groups is 1. The van der Waals surface area contributed by atoms with Gasteiger partial charge in [-0.15, -0.1) is 8.58 Å². The Kier molecular flexibility index (Phi) is 8.26. The second-order valence-electron chi connectivity index (χ2n) is 2.73. The average Bonchev–Trinajstić information content (AvgIpc) is 2.09. The van der Waals surface area contributed by atoms with E-state index >= 15 is 0 Å². The van der Waals surface area contributed by atoms with Crippen LogP contribution >= 0.6 is 20.6 Å². The fourth-order valence-electron chi connectivity index (χ4n) is 0.422. The number of carbonyl (C=O) groups excluding carboxylic acids is 1. The fraction of sp³-hybridized carbons (Fsp3) is 0.625. The zero-order chi connectivity index (χ0) is 10.1. The third-order valence-corrected chi connectivity index (χ3v) is 2.16. The van der Waals surface area contributed by atoms with E-state index in [4.69, 9.17) is 4.74 Å². The van der Waals surface area contributed by atoms with Gasteiger partial charge in [-0.25, -0.2) is 4.79 Å². The zero-order valence-electron chi connectivity index (χ0n) is 8.07. The topological polar surface area (TPSA) is 35.5 Å². The smallest absolute Gasteiger partial charge is 0.433 e. The fourth-order valence-corrected chi connectivity index (χ4v) is 1.37. The molecule has 0 rings (SSSR count). The summed E-state index contributed by atoms with van der Waals surface area (Å²) in [5, 5.41) is 1.73. The van der Waals surface area contributed by atoms with E-state index in [2.05, 4.69) is 4.18 Å². The molecule has 0 bridgehead atoms. The summed E-state index contributed by atoms with van der Waals surface area (Å²) in [5.41, 5.74) is 0. The Balaban J connectivity index is 3.35. The van der Waals surface area contributed by atoms with Crippen LogP contribution in [0.2, 0.25) is 0 Å². The van der Waals surface area contributed by atoms with Crippen LogP contribution in [0.1, 0.15) is 13.8 Å². The van der Waals surface area contributed by atoms with Gasteiger partial charge >= 0.3 is 6.16 Å². The minimum Gasteiger partial charge on any atom is -0.433 e. The van der Waals surface area contributed by atoms with Gasteiger partial charge in [0, 0.05) is 5.41 Å². The van der Waals surface area contributed by atoms with Crippen molar-refractivity contribution >= 4 is 26.8 Å². The van der Waals surface area contributed by atoms with Crippen molar-refractivity contribution in [2.75, 3.05) is 13.3 Å². The van der Waals surface area contributed by atoms with Gasteiger partial charge in [0.15, 0.2) is 0 Å². The van der Waals surface area contributed by atoms with Gasteiger partial charge < -0.3 is 8.92 Å². The van der Waals surface area contributed by atoms with Crippen LogP contribution in [-0.4, -0.2) is 19.4 Å². The summed E-state index contributed by atoms with van der Waals surface area (Å²) in [6.07, 6.45) is -0.622. The van der Waals surface area contributed by atoms with Crippen molar-refractivity contribution < 1.29 is 13.7 Å². The molecule has 5 heteroatoms. The third-order valence-electron chi connectivity index (χ3n) is 0.941. The second-order valence-corrected chi connectivity index (χ2v) is 4.27. The lowest BCUT2D eigenvalue weighted by molar-refractivity contribution is 0.0955. The molecule has 0 aromatic rings. The minimum atomic E-state index is -0.622. The molecule has 3 nitrogen and oxygen atoms in total. The Morgan fingerprint density at radius 2 is 2.31 bits per heavy atom. The molecule has 0 aliphatic carbocycles. The first-order valence-corrected chi connectivity index (χ1v) is 6.37. The van der Waals surface area contributed by atoms with Crippen LogP contribution in [0.5, 0.6) is 0 Å². The second kappa shape index (κ2) is 8.39. The molecular weight excluding hydrogens is 207 g/mol. The highest BCUT2D eigenvalue weighted by Gasteiger charge is 2.04. The van der Waals surface area contributed by atoms with Gasteiger partial charge in [-0.3, -0.25) is 0 Å². The summed E-state index contributed by atoms with van der Waals surface area (Å²) in [5.74, 6) is 2.27. The maximum atomic E-state index is 10.8. The maximum Gasteiger partial charge on any atom is 0.521 e. The molecule has 0 aromatic carbocycles. The quantitative estimate of drug-likeness (QED) is 0.406. The van der Waals surface area contributed by atoms with Crippen LogP contribution in [0, 0.1) is 5.92 Å². The molecule has 0 saturated carbocycles. The van der Waals surface area contributed by atoms with Gasteiger partial charge in [0.1, 0.15) is 0 Å². The summed E-state index contributed by atoms with van der Waals surface area (Å²) in [7, 11) is 0.725. The van der Waals surface area contributed by atoms with E-state index in [1.54, 1.807) is 5.41 Å². The summed E-state index contributed by atoms with van der Waals surface area (Å²) < 4.78 is 9.44. The van der Waals surface area contributed by atoms with Crippen molar-refractivity contribution in [3.8, 4) is 0 Å². The molecule has 0 aliphatic heterocycles. The van der Waals surface area contributed by atoms with E-state index in [1.165, 1.54) is 0 Å². The zero-order valence-corrected chi connectivity index (χ0v) is 9.89. The highest BCUT2D eigenvalue weighted by Crippen LogP contribution is 2.12. The van der Waals surface area contributed by atoms with E-state index in [0.29, 0.717) is 12.5 Å². The molecule has 1 atom stereocenters. The molecule has 0 fully saturated rings. The van der Waals surface area contributed by atoms with Crippen molar-refractivity contribution in [2.45, 2.75) is 13.8 Å². The molecule has 0 heterocycles. The van der Waals surface area contributed by atoms with E-state index in [0.717, 1.165) is 20.6 Å². The van der Waals surface area contributed by atoms with Crippen molar-refractivity contribution in [2.24, 2.45) is 5.92 Å². The minimum absolute atomic E-state index is 0.338. The van der Waals surface area contributed by atoms with Gasteiger partial charge in [-0.05, 0) is 12.6 Å². The lowest BCUT2D eigenvalue weighted by atomic mass is 10.2. The standard InChI is InChI=1S/C8H15O3PS/c1-7(2)6-10-8(9)11-13-5-4-12-3/h4-5,7,12H,6H2,1-3H3/b5-4+. The van der Waals surface area contributed by atoms with Gasteiger partial charge in [0.2, 0.25) is 0 Å². The molecular formula is C8H15O3PS. The first kappa shape index (κ1) is 12.8. The molecule has 0 amide bonds. The predicted molar refractivity (Wildman–Crippen MR) is 58.2 cm³/mol. The number of ether oxygens (including phenoxy) is 1. The lowest BCUT2D eigenvalue weighted by Crippen LogP contribution is -2.08. The highest BCUT2D eigenvalue weighted by molar-refractivity contribution is 7.98. The van der Waals surface area contributed by atoms with E-state index in [9.17, 15) is 4.79 Å². The molecule has 0 radical (unpaired) electrons. The van der Waals surface area contributed by atoms with Crippen molar-refractivity contribution in [1.82, 2.24) is 0 Å². The SMILES string of the molecule is CP/C=C/SOC(=O)OCC(C)C. The summed E-state index contributed by atoms with van der Waals surface area (Å²) in [4.78, 5) is 10.8. The maximum absolute atomic E-state index is 10.8. The normalized spacial score (nSPS) is 11.7. The van der Waals surface area contributed by atoms with Crippen LogP contribution in [-0.2, 0) is 8.92 Å². The predicted octanol–water partition coefficient (Wildman–Crippen LogP) is 3.22. The Morgan fingerprint density at radius 3 is 2.85 bits per heavy atom. The van der Waals surface area contributed by atoms with Crippen LogP contribution in [0.15, 0.2) is 11.2 Å². The number of hydrogen-bond acceptors (Lipinski definition) is 4. The molecule has 1 unspecified atom stereocenters. The van der Waals surface area contributed by atoms with E-state index in [1.807, 2.05) is 26.3 Å². The van der Waals surface area contributed by atoms with Crippen LogP contribution in [0.4, 0.5) is 4.79 Å². The summed E-state index contributed by atoms with van der Waals surface area (Å²) >= 11 is 0.989. The molecule has 0 aliphatic rings. The summed E-state index contributed by atoms with van der Waals surface area (Å²) in [6.45, 7) is 6.38. The first-order valence-electron chi connectivity index (χ1n) is 3.99. The van der Waals surface area contributed by atoms with Crippen LogP contribution < -0.4 is 0 Å². The highest BCUT2D eigenvalue weighted by atomic mass is 32.2. The van der Waals surface area contributed by atoms with E-state index in [-0.39, 0.29) is 0 Å². The van der Waals surface area contributed by atoms with Crippen LogP contribution in [0.3, 0.4) is 0 Å². The Bertz CT molecular complexity index is 171. The average molecular weight is 222 g/mol. The number of hydrogen-bond donors (Lipinski definition) is 0. The first-order chi connectivity index (χ1) is 6.16. The van der Waals surface area contributed by atoms with Crippen molar-refractivity contribution in [3.63, 3.8) is 0 Å². The lowest BCUT2D eigenvalue weighted by Gasteiger charge is -2.04. The summed E-state index contributed by atoms with van der Waals surface area (Å²) in [6, 6.07) is 0. The largest absolute Gasteiger partial charge is 0.521 e. The monoisotopic (exact) mass is 222 g/mol. The molecule has 0 saturated heterocycles. The van der Waals surface area contributed by atoms with Gasteiger partial charge in [-0.1, -0.05) is 19.7 Å². The third kappa shape index (κ3) is 9.71. The Labute approximate surface area is 85.2 Å².